The van der Waals surface area contributed by atoms with Crippen LogP contribution in [0.3, 0.4) is 0 Å². The summed E-state index contributed by atoms with van der Waals surface area (Å²) in [4.78, 5) is 16.1. The van der Waals surface area contributed by atoms with E-state index in [0.717, 1.165) is 10.0 Å². The maximum atomic E-state index is 12.2. The molecule has 1 amide bonds. The van der Waals surface area contributed by atoms with Crippen molar-refractivity contribution in [2.75, 3.05) is 5.32 Å². The monoisotopic (exact) mass is 390 g/mol. The minimum absolute atomic E-state index is 0.258. The molecule has 0 bridgehead atoms. The van der Waals surface area contributed by atoms with Crippen molar-refractivity contribution < 1.29 is 4.79 Å². The lowest BCUT2D eigenvalue weighted by Gasteiger charge is -2.09. The van der Waals surface area contributed by atoms with Gasteiger partial charge in [0.05, 0.1) is 18.3 Å². The number of amides is 1. The molecule has 0 fully saturated rings. The van der Waals surface area contributed by atoms with Crippen molar-refractivity contribution in [1.29, 1.82) is 0 Å². The summed E-state index contributed by atoms with van der Waals surface area (Å²) in [5.41, 5.74) is 1.52. The molecule has 3 rings (SSSR count). The molecule has 23 heavy (non-hydrogen) atoms. The first-order valence-corrected chi connectivity index (χ1v) is 7.98. The zero-order valence-electron chi connectivity index (χ0n) is 11.9. The second-order valence-electron chi connectivity index (χ2n) is 4.82. The number of hydrogen-bond acceptors (Lipinski definition) is 3. The third kappa shape index (κ3) is 3.97. The van der Waals surface area contributed by atoms with Gasteiger partial charge in [-0.15, -0.1) is 0 Å². The van der Waals surface area contributed by atoms with Gasteiger partial charge in [0.1, 0.15) is 11.0 Å². The number of pyridine rings is 1. The fraction of sp³-hybridized carbons (Fsp3) is 0.0625. The number of carbonyl (C=O) groups excluding carboxylic acids is 1. The van der Waals surface area contributed by atoms with Gasteiger partial charge in [-0.2, -0.15) is 5.10 Å². The first-order valence-electron chi connectivity index (χ1n) is 6.81. The summed E-state index contributed by atoms with van der Waals surface area (Å²) in [5.74, 6) is 0.361. The number of aromatic nitrogens is 3. The predicted molar refractivity (Wildman–Crippen MR) is 92.7 cm³/mol. The van der Waals surface area contributed by atoms with E-state index in [1.807, 2.05) is 24.3 Å². The molecule has 0 aliphatic heterocycles. The normalized spacial score (nSPS) is 10.5. The smallest absolute Gasteiger partial charge is 0.258 e. The molecule has 2 heterocycles. The standard InChI is InChI=1S/C16H12BrClN4O/c17-13-4-1-11(2-5-13)10-22-15(7-8-20-22)21-16(23)12-3-6-14(18)19-9-12/h1-9H,10H2,(H,21,23). The van der Waals surface area contributed by atoms with Crippen molar-refractivity contribution in [3.63, 3.8) is 0 Å². The van der Waals surface area contributed by atoms with Crippen molar-refractivity contribution in [2.24, 2.45) is 0 Å². The lowest BCUT2D eigenvalue weighted by molar-refractivity contribution is 0.102. The van der Waals surface area contributed by atoms with Crippen LogP contribution in [0.15, 0.2) is 59.3 Å². The van der Waals surface area contributed by atoms with E-state index in [2.05, 4.69) is 31.3 Å². The summed E-state index contributed by atoms with van der Waals surface area (Å²) in [7, 11) is 0. The van der Waals surface area contributed by atoms with Crippen LogP contribution in [-0.4, -0.2) is 20.7 Å². The van der Waals surface area contributed by atoms with Crippen molar-refractivity contribution >= 4 is 39.3 Å². The van der Waals surface area contributed by atoms with Crippen LogP contribution in [0.2, 0.25) is 5.15 Å². The van der Waals surface area contributed by atoms with Gasteiger partial charge < -0.3 is 5.32 Å². The van der Waals surface area contributed by atoms with Crippen molar-refractivity contribution in [2.45, 2.75) is 6.54 Å². The molecule has 1 N–H and O–H groups in total. The second-order valence-corrected chi connectivity index (χ2v) is 6.13. The van der Waals surface area contributed by atoms with Crippen LogP contribution < -0.4 is 5.32 Å². The molecule has 1 aromatic carbocycles. The number of rotatable bonds is 4. The third-order valence-electron chi connectivity index (χ3n) is 3.19. The van der Waals surface area contributed by atoms with Crippen molar-refractivity contribution in [3.8, 4) is 0 Å². The zero-order valence-corrected chi connectivity index (χ0v) is 14.3. The number of anilines is 1. The van der Waals surface area contributed by atoms with Gasteiger partial charge in [0.25, 0.3) is 5.91 Å². The molecule has 5 nitrogen and oxygen atoms in total. The van der Waals surface area contributed by atoms with Crippen LogP contribution in [0.1, 0.15) is 15.9 Å². The average Bonchev–Trinajstić information content (AvgIpc) is 2.97. The molecule has 3 aromatic rings. The molecule has 7 heteroatoms. The summed E-state index contributed by atoms with van der Waals surface area (Å²) in [6.45, 7) is 0.564. The number of nitrogens with one attached hydrogen (secondary N) is 1. The van der Waals surface area contributed by atoms with Crippen LogP contribution >= 0.6 is 27.5 Å². The Balaban J connectivity index is 1.74. The fourth-order valence-corrected chi connectivity index (χ4v) is 2.40. The highest BCUT2D eigenvalue weighted by Gasteiger charge is 2.10. The first-order chi connectivity index (χ1) is 11.1. The quantitative estimate of drug-likeness (QED) is 0.684. The molecule has 0 aliphatic rings. The average molecular weight is 392 g/mol. The topological polar surface area (TPSA) is 59.8 Å². The van der Waals surface area contributed by atoms with E-state index in [9.17, 15) is 4.79 Å². The summed E-state index contributed by atoms with van der Waals surface area (Å²) >= 11 is 9.13. The van der Waals surface area contributed by atoms with Crippen molar-refractivity contribution in [1.82, 2.24) is 14.8 Å². The van der Waals surface area contributed by atoms with Crippen LogP contribution in [-0.2, 0) is 6.54 Å². The number of benzene rings is 1. The maximum absolute atomic E-state index is 12.2. The van der Waals surface area contributed by atoms with Crippen LogP contribution in [0.25, 0.3) is 0 Å². The van der Waals surface area contributed by atoms with Gasteiger partial charge in [0.15, 0.2) is 0 Å². The molecule has 0 radical (unpaired) electrons. The van der Waals surface area contributed by atoms with E-state index < -0.39 is 0 Å². The van der Waals surface area contributed by atoms with E-state index in [4.69, 9.17) is 11.6 Å². The van der Waals surface area contributed by atoms with Gasteiger partial charge in [0.2, 0.25) is 0 Å². The molecule has 0 unspecified atom stereocenters. The Kier molecular flexibility index (Phi) is 4.73. The van der Waals surface area contributed by atoms with E-state index in [1.54, 1.807) is 29.1 Å². The second kappa shape index (κ2) is 6.93. The highest BCUT2D eigenvalue weighted by atomic mass is 79.9. The molecule has 116 valence electrons. The van der Waals surface area contributed by atoms with Crippen LogP contribution in [0.4, 0.5) is 5.82 Å². The number of halogens is 2. The first kappa shape index (κ1) is 15.7. The van der Waals surface area contributed by atoms with Crippen molar-refractivity contribution in [3.05, 3.63) is 75.6 Å². The van der Waals surface area contributed by atoms with E-state index in [0.29, 0.717) is 23.1 Å². The highest BCUT2D eigenvalue weighted by Crippen LogP contribution is 2.15. The van der Waals surface area contributed by atoms with Gasteiger partial charge in [-0.3, -0.25) is 4.79 Å². The van der Waals surface area contributed by atoms with Gasteiger partial charge in [-0.25, -0.2) is 9.67 Å². The lowest BCUT2D eigenvalue weighted by Crippen LogP contribution is -2.16. The molecule has 2 aromatic heterocycles. The minimum atomic E-state index is -0.258. The van der Waals surface area contributed by atoms with E-state index in [1.165, 1.54) is 6.20 Å². The molecule has 0 atom stereocenters. The van der Waals surface area contributed by atoms with Crippen LogP contribution in [0, 0.1) is 0 Å². The summed E-state index contributed by atoms with van der Waals surface area (Å²) in [5, 5.41) is 7.42. The highest BCUT2D eigenvalue weighted by molar-refractivity contribution is 9.10. The predicted octanol–water partition coefficient (Wildman–Crippen LogP) is 3.99. The molecule has 0 spiro atoms. The SMILES string of the molecule is O=C(Nc1ccnn1Cc1ccc(Br)cc1)c1ccc(Cl)nc1. The van der Waals surface area contributed by atoms with Gasteiger partial charge in [-0.05, 0) is 29.8 Å². The van der Waals surface area contributed by atoms with E-state index >= 15 is 0 Å². The Morgan fingerprint density at radius 2 is 1.96 bits per heavy atom. The fourth-order valence-electron chi connectivity index (χ4n) is 2.03. The number of nitrogens with zero attached hydrogens (tertiary/aromatic N) is 3. The maximum Gasteiger partial charge on any atom is 0.258 e. The minimum Gasteiger partial charge on any atom is -0.307 e. The van der Waals surface area contributed by atoms with Gasteiger partial charge in [-0.1, -0.05) is 39.7 Å². The van der Waals surface area contributed by atoms with Gasteiger partial charge >= 0.3 is 0 Å². The van der Waals surface area contributed by atoms with Crippen LogP contribution in [0.5, 0.6) is 0 Å². The number of carbonyl (C=O) groups is 1. The zero-order chi connectivity index (χ0) is 16.2. The van der Waals surface area contributed by atoms with Gasteiger partial charge in [0, 0.05) is 16.7 Å². The molecular weight excluding hydrogens is 380 g/mol. The Morgan fingerprint density at radius 1 is 1.17 bits per heavy atom. The summed E-state index contributed by atoms with van der Waals surface area (Å²) in [6, 6.07) is 12.9. The summed E-state index contributed by atoms with van der Waals surface area (Å²) < 4.78 is 2.75. The molecule has 0 saturated carbocycles. The molecule has 0 saturated heterocycles. The summed E-state index contributed by atoms with van der Waals surface area (Å²) in [6.07, 6.45) is 3.08. The Morgan fingerprint density at radius 3 is 2.65 bits per heavy atom. The van der Waals surface area contributed by atoms with E-state index in [-0.39, 0.29) is 5.91 Å². The third-order valence-corrected chi connectivity index (χ3v) is 3.95. The lowest BCUT2D eigenvalue weighted by atomic mass is 10.2. The Hall–Kier alpha value is -2.18. The molecule has 0 aliphatic carbocycles. The Labute approximate surface area is 146 Å². The number of hydrogen-bond donors (Lipinski definition) is 1. The largest absolute Gasteiger partial charge is 0.307 e. The Bertz CT molecular complexity index is 815. The molecular formula is C16H12BrClN4O.